The molecule has 102 valence electrons. The maximum absolute atomic E-state index is 13.5. The van der Waals surface area contributed by atoms with E-state index in [-0.39, 0.29) is 12.2 Å². The van der Waals surface area contributed by atoms with E-state index >= 15 is 0 Å². The summed E-state index contributed by atoms with van der Waals surface area (Å²) in [6.07, 6.45) is 0.522. The number of halogens is 2. The van der Waals surface area contributed by atoms with Gasteiger partial charge >= 0.3 is 0 Å². The SMILES string of the molecule is CCN(CCO)CCC(N)c1cccc(F)c1F. The van der Waals surface area contributed by atoms with Crippen molar-refractivity contribution < 1.29 is 13.9 Å². The van der Waals surface area contributed by atoms with E-state index in [0.29, 0.717) is 19.5 Å². The highest BCUT2D eigenvalue weighted by atomic mass is 19.2. The quantitative estimate of drug-likeness (QED) is 0.782. The van der Waals surface area contributed by atoms with Gasteiger partial charge in [0.1, 0.15) is 0 Å². The molecule has 0 saturated carbocycles. The van der Waals surface area contributed by atoms with E-state index in [2.05, 4.69) is 0 Å². The number of benzene rings is 1. The highest BCUT2D eigenvalue weighted by Crippen LogP contribution is 2.20. The fourth-order valence-electron chi connectivity index (χ4n) is 1.85. The van der Waals surface area contributed by atoms with Crippen LogP contribution in [0.5, 0.6) is 0 Å². The van der Waals surface area contributed by atoms with Crippen molar-refractivity contribution in [1.29, 1.82) is 0 Å². The first-order valence-corrected chi connectivity index (χ1v) is 6.12. The van der Waals surface area contributed by atoms with Crippen molar-refractivity contribution in [2.24, 2.45) is 5.73 Å². The normalized spacial score (nSPS) is 13.0. The fourth-order valence-corrected chi connectivity index (χ4v) is 1.85. The molecular formula is C13H20F2N2O. The number of hydrogen-bond donors (Lipinski definition) is 2. The molecule has 1 aromatic rings. The third kappa shape index (κ3) is 4.01. The average molecular weight is 258 g/mol. The monoisotopic (exact) mass is 258 g/mol. The second-order valence-corrected chi connectivity index (χ2v) is 4.20. The molecule has 0 amide bonds. The predicted molar refractivity (Wildman–Crippen MR) is 67.1 cm³/mol. The first kappa shape index (κ1) is 15.0. The lowest BCUT2D eigenvalue weighted by atomic mass is 10.0. The number of nitrogens with two attached hydrogens (primary N) is 1. The summed E-state index contributed by atoms with van der Waals surface area (Å²) in [6, 6.07) is 3.51. The molecule has 1 aromatic carbocycles. The third-order valence-electron chi connectivity index (χ3n) is 3.00. The van der Waals surface area contributed by atoms with Crippen LogP contribution in [0.4, 0.5) is 8.78 Å². The zero-order valence-electron chi connectivity index (χ0n) is 10.6. The minimum absolute atomic E-state index is 0.0808. The lowest BCUT2D eigenvalue weighted by Gasteiger charge is -2.21. The maximum Gasteiger partial charge on any atom is 0.163 e. The van der Waals surface area contributed by atoms with Crippen molar-refractivity contribution >= 4 is 0 Å². The van der Waals surface area contributed by atoms with Crippen LogP contribution >= 0.6 is 0 Å². The van der Waals surface area contributed by atoms with Crippen LogP contribution in [0, 0.1) is 11.6 Å². The van der Waals surface area contributed by atoms with Crippen LogP contribution in [0.25, 0.3) is 0 Å². The van der Waals surface area contributed by atoms with E-state index in [1.807, 2.05) is 11.8 Å². The Morgan fingerprint density at radius 2 is 2.06 bits per heavy atom. The molecule has 3 nitrogen and oxygen atoms in total. The molecule has 0 saturated heterocycles. The van der Waals surface area contributed by atoms with E-state index in [9.17, 15) is 8.78 Å². The minimum atomic E-state index is -0.870. The largest absolute Gasteiger partial charge is 0.395 e. The van der Waals surface area contributed by atoms with E-state index in [1.54, 1.807) is 0 Å². The van der Waals surface area contributed by atoms with Crippen molar-refractivity contribution in [3.63, 3.8) is 0 Å². The van der Waals surface area contributed by atoms with Gasteiger partial charge in [-0.15, -0.1) is 0 Å². The molecule has 1 rings (SSSR count). The van der Waals surface area contributed by atoms with Gasteiger partial charge in [0, 0.05) is 24.7 Å². The molecule has 0 radical (unpaired) electrons. The summed E-state index contributed by atoms with van der Waals surface area (Å²) in [4.78, 5) is 2.01. The minimum Gasteiger partial charge on any atom is -0.395 e. The number of aliphatic hydroxyl groups excluding tert-OH is 1. The standard InChI is InChI=1S/C13H20F2N2O/c1-2-17(8-9-18)7-6-12(16)10-4-3-5-11(14)13(10)15/h3-5,12,18H,2,6-9,16H2,1H3. The molecule has 18 heavy (non-hydrogen) atoms. The molecule has 0 aliphatic heterocycles. The Bertz CT molecular complexity index is 374. The maximum atomic E-state index is 13.5. The zero-order chi connectivity index (χ0) is 13.5. The molecule has 0 aliphatic rings. The van der Waals surface area contributed by atoms with Crippen LogP contribution in [0.2, 0.25) is 0 Å². The number of aliphatic hydroxyl groups is 1. The Balaban J connectivity index is 2.59. The highest BCUT2D eigenvalue weighted by molar-refractivity contribution is 5.22. The molecule has 5 heteroatoms. The molecule has 0 bridgehead atoms. The van der Waals surface area contributed by atoms with E-state index in [1.165, 1.54) is 12.1 Å². The van der Waals surface area contributed by atoms with Gasteiger partial charge in [0.25, 0.3) is 0 Å². The number of hydrogen-bond acceptors (Lipinski definition) is 3. The topological polar surface area (TPSA) is 49.5 Å². The lowest BCUT2D eigenvalue weighted by Crippen LogP contribution is -2.30. The Hall–Kier alpha value is -1.04. The molecule has 0 aliphatic carbocycles. The van der Waals surface area contributed by atoms with Gasteiger partial charge in [0.15, 0.2) is 11.6 Å². The van der Waals surface area contributed by atoms with Gasteiger partial charge in [-0.3, -0.25) is 0 Å². The molecule has 0 aromatic heterocycles. The second-order valence-electron chi connectivity index (χ2n) is 4.20. The molecule has 0 fully saturated rings. The summed E-state index contributed by atoms with van der Waals surface area (Å²) in [5, 5.41) is 8.85. The van der Waals surface area contributed by atoms with Gasteiger partial charge in [-0.05, 0) is 19.0 Å². The molecule has 0 heterocycles. The van der Waals surface area contributed by atoms with Crippen LogP contribution in [-0.4, -0.2) is 36.2 Å². The van der Waals surface area contributed by atoms with E-state index in [4.69, 9.17) is 10.8 Å². The second kappa shape index (κ2) is 7.41. The lowest BCUT2D eigenvalue weighted by molar-refractivity contribution is 0.197. The molecule has 3 N–H and O–H groups in total. The molecule has 1 atom stereocenters. The van der Waals surface area contributed by atoms with Crippen LogP contribution in [0.15, 0.2) is 18.2 Å². The van der Waals surface area contributed by atoms with Crippen LogP contribution in [0.1, 0.15) is 24.9 Å². The Morgan fingerprint density at radius 1 is 1.33 bits per heavy atom. The number of rotatable bonds is 7. The van der Waals surface area contributed by atoms with Gasteiger partial charge in [0.2, 0.25) is 0 Å². The van der Waals surface area contributed by atoms with Gasteiger partial charge in [-0.2, -0.15) is 0 Å². The summed E-state index contributed by atoms with van der Waals surface area (Å²) in [5.74, 6) is -1.74. The van der Waals surface area contributed by atoms with E-state index in [0.717, 1.165) is 12.6 Å². The van der Waals surface area contributed by atoms with Crippen molar-refractivity contribution in [2.45, 2.75) is 19.4 Å². The van der Waals surface area contributed by atoms with Gasteiger partial charge in [0.05, 0.1) is 6.61 Å². The van der Waals surface area contributed by atoms with Gasteiger partial charge < -0.3 is 15.7 Å². The van der Waals surface area contributed by atoms with E-state index < -0.39 is 17.7 Å². The van der Waals surface area contributed by atoms with Crippen molar-refractivity contribution in [2.75, 3.05) is 26.2 Å². The summed E-state index contributed by atoms with van der Waals surface area (Å²) < 4.78 is 26.5. The van der Waals surface area contributed by atoms with Crippen molar-refractivity contribution in [1.82, 2.24) is 4.90 Å². The zero-order valence-corrected chi connectivity index (χ0v) is 10.6. The number of likely N-dealkylation sites (N-methyl/N-ethyl adjacent to an activating group) is 1. The van der Waals surface area contributed by atoms with Gasteiger partial charge in [-0.25, -0.2) is 8.78 Å². The Kier molecular flexibility index (Phi) is 6.18. The average Bonchev–Trinajstić information content (AvgIpc) is 2.37. The Morgan fingerprint density at radius 3 is 2.67 bits per heavy atom. The van der Waals surface area contributed by atoms with Crippen LogP contribution in [-0.2, 0) is 0 Å². The van der Waals surface area contributed by atoms with Crippen LogP contribution < -0.4 is 5.73 Å². The van der Waals surface area contributed by atoms with Crippen molar-refractivity contribution in [3.05, 3.63) is 35.4 Å². The predicted octanol–water partition coefficient (Wildman–Crippen LogP) is 1.67. The molecule has 0 spiro atoms. The van der Waals surface area contributed by atoms with Crippen LogP contribution in [0.3, 0.4) is 0 Å². The summed E-state index contributed by atoms with van der Waals surface area (Å²) in [7, 11) is 0. The number of nitrogens with zero attached hydrogens (tertiary/aromatic N) is 1. The van der Waals surface area contributed by atoms with Crippen molar-refractivity contribution in [3.8, 4) is 0 Å². The molecule has 1 unspecified atom stereocenters. The summed E-state index contributed by atoms with van der Waals surface area (Å²) in [5.41, 5.74) is 6.07. The third-order valence-corrected chi connectivity index (χ3v) is 3.00. The first-order chi connectivity index (χ1) is 8.60. The molecular weight excluding hydrogens is 238 g/mol. The Labute approximate surface area is 106 Å². The summed E-state index contributed by atoms with van der Waals surface area (Å²) >= 11 is 0. The summed E-state index contributed by atoms with van der Waals surface area (Å²) in [6.45, 7) is 4.06. The fraction of sp³-hybridized carbons (Fsp3) is 0.538. The smallest absolute Gasteiger partial charge is 0.163 e. The first-order valence-electron chi connectivity index (χ1n) is 6.12. The highest BCUT2D eigenvalue weighted by Gasteiger charge is 2.15. The van der Waals surface area contributed by atoms with Gasteiger partial charge in [-0.1, -0.05) is 19.1 Å².